The maximum Gasteiger partial charge on any atom is 0.244 e. The number of amides is 1. The van der Waals surface area contributed by atoms with Crippen LogP contribution in [-0.2, 0) is 14.6 Å². The molecule has 0 aliphatic heterocycles. The number of halogens is 1. The lowest BCUT2D eigenvalue weighted by molar-refractivity contribution is -0.121. The molecular formula is C17H15FN2O3S. The van der Waals surface area contributed by atoms with Crippen molar-refractivity contribution in [1.82, 2.24) is 0 Å². The average Bonchev–Trinajstić information content (AvgIpc) is 2.55. The lowest BCUT2D eigenvalue weighted by atomic mass is 9.95. The summed E-state index contributed by atoms with van der Waals surface area (Å²) in [4.78, 5) is 11.9. The number of anilines is 1. The smallest absolute Gasteiger partial charge is 0.244 e. The van der Waals surface area contributed by atoms with Crippen molar-refractivity contribution in [2.24, 2.45) is 5.41 Å². The topological polar surface area (TPSA) is 87.0 Å². The second-order valence-electron chi connectivity index (χ2n) is 5.67. The van der Waals surface area contributed by atoms with Gasteiger partial charge in [0.15, 0.2) is 0 Å². The molecule has 0 saturated heterocycles. The van der Waals surface area contributed by atoms with Gasteiger partial charge in [-0.25, -0.2) is 12.8 Å². The maximum atomic E-state index is 12.9. The Morgan fingerprint density at radius 2 is 1.50 bits per heavy atom. The van der Waals surface area contributed by atoms with E-state index in [4.69, 9.17) is 5.26 Å². The average molecular weight is 346 g/mol. The zero-order valence-electron chi connectivity index (χ0n) is 13.1. The molecule has 0 aliphatic carbocycles. The minimum absolute atomic E-state index is 0.0200. The Labute approximate surface area is 139 Å². The number of hydrogen-bond acceptors (Lipinski definition) is 4. The Morgan fingerprint density at radius 3 is 1.96 bits per heavy atom. The summed E-state index contributed by atoms with van der Waals surface area (Å²) in [7, 11) is -3.77. The Morgan fingerprint density at radius 1 is 1.04 bits per heavy atom. The van der Waals surface area contributed by atoms with Crippen molar-refractivity contribution in [1.29, 1.82) is 5.26 Å². The third-order valence-corrected chi connectivity index (χ3v) is 5.18. The first kappa shape index (κ1) is 17.6. The first-order valence-corrected chi connectivity index (χ1v) is 8.48. The first-order chi connectivity index (χ1) is 11.2. The summed E-state index contributed by atoms with van der Waals surface area (Å²) in [6.07, 6.45) is 0. The van der Waals surface area contributed by atoms with Crippen LogP contribution < -0.4 is 5.32 Å². The van der Waals surface area contributed by atoms with Crippen molar-refractivity contribution in [2.45, 2.75) is 23.6 Å². The lowest BCUT2D eigenvalue weighted by Crippen LogP contribution is -2.29. The highest BCUT2D eigenvalue weighted by Crippen LogP contribution is 2.23. The molecule has 2 aromatic carbocycles. The first-order valence-electron chi connectivity index (χ1n) is 7.00. The molecule has 0 heterocycles. The van der Waals surface area contributed by atoms with Crippen molar-refractivity contribution in [3.05, 3.63) is 54.3 Å². The van der Waals surface area contributed by atoms with Gasteiger partial charge < -0.3 is 5.32 Å². The number of benzene rings is 2. The van der Waals surface area contributed by atoms with E-state index in [0.717, 1.165) is 12.1 Å². The number of nitrogens with zero attached hydrogens (tertiary/aromatic N) is 1. The molecule has 5 nitrogen and oxygen atoms in total. The molecule has 124 valence electrons. The maximum absolute atomic E-state index is 12.9. The van der Waals surface area contributed by atoms with Crippen LogP contribution in [0, 0.1) is 22.6 Å². The van der Waals surface area contributed by atoms with Crippen molar-refractivity contribution >= 4 is 21.4 Å². The molecule has 0 aliphatic rings. The van der Waals surface area contributed by atoms with Crippen molar-refractivity contribution in [3.63, 3.8) is 0 Å². The Hall–Kier alpha value is -2.72. The lowest BCUT2D eigenvalue weighted by Gasteiger charge is -2.15. The number of hydrogen-bond donors (Lipinski definition) is 1. The molecule has 0 aromatic heterocycles. The standard InChI is InChI=1S/C17H15FN2O3S/c1-17(2,11-19)16(21)20-13-5-9-15(10-6-13)24(22,23)14-7-3-12(18)4-8-14/h3-10H,1-2H3,(H,20,21). The number of rotatable bonds is 4. The summed E-state index contributed by atoms with van der Waals surface area (Å²) in [5, 5.41) is 11.5. The zero-order valence-corrected chi connectivity index (χ0v) is 13.9. The van der Waals surface area contributed by atoms with E-state index < -0.39 is 27.0 Å². The van der Waals surface area contributed by atoms with Gasteiger partial charge in [-0.05, 0) is 62.4 Å². The molecule has 2 aromatic rings. The molecule has 2 rings (SSSR count). The van der Waals surface area contributed by atoms with E-state index in [9.17, 15) is 17.6 Å². The Kier molecular flexibility index (Phi) is 4.71. The second-order valence-corrected chi connectivity index (χ2v) is 7.62. The van der Waals surface area contributed by atoms with Crippen molar-refractivity contribution < 1.29 is 17.6 Å². The van der Waals surface area contributed by atoms with E-state index in [0.29, 0.717) is 5.69 Å². The Balaban J connectivity index is 2.25. The summed E-state index contributed by atoms with van der Waals surface area (Å²) >= 11 is 0. The molecule has 1 N–H and O–H groups in total. The van der Waals surface area contributed by atoms with Crippen LogP contribution in [-0.4, -0.2) is 14.3 Å². The van der Waals surface area contributed by atoms with Gasteiger partial charge in [0.1, 0.15) is 11.2 Å². The minimum atomic E-state index is -3.77. The third kappa shape index (κ3) is 3.60. The van der Waals surface area contributed by atoms with Gasteiger partial charge in [0.2, 0.25) is 15.7 Å². The van der Waals surface area contributed by atoms with Crippen LogP contribution in [0.5, 0.6) is 0 Å². The number of carbonyl (C=O) groups excluding carboxylic acids is 1. The van der Waals surface area contributed by atoms with Crippen LogP contribution >= 0.6 is 0 Å². The quantitative estimate of drug-likeness (QED) is 0.862. The van der Waals surface area contributed by atoms with Gasteiger partial charge >= 0.3 is 0 Å². The van der Waals surface area contributed by atoms with Gasteiger partial charge in [-0.1, -0.05) is 0 Å². The number of nitriles is 1. The van der Waals surface area contributed by atoms with E-state index in [1.54, 1.807) is 0 Å². The van der Waals surface area contributed by atoms with Crippen molar-refractivity contribution in [3.8, 4) is 6.07 Å². The molecule has 0 bridgehead atoms. The summed E-state index contributed by atoms with van der Waals surface area (Å²) in [6, 6.07) is 12.0. The van der Waals surface area contributed by atoms with Gasteiger partial charge in [-0.15, -0.1) is 0 Å². The number of carbonyl (C=O) groups is 1. The molecule has 0 unspecified atom stereocenters. The van der Waals surface area contributed by atoms with E-state index in [1.165, 1.54) is 50.2 Å². The predicted octanol–water partition coefficient (Wildman–Crippen LogP) is 3.15. The predicted molar refractivity (Wildman–Crippen MR) is 86.3 cm³/mol. The normalized spacial score (nSPS) is 11.6. The van der Waals surface area contributed by atoms with Gasteiger partial charge in [0.05, 0.1) is 15.9 Å². The summed E-state index contributed by atoms with van der Waals surface area (Å²) < 4.78 is 37.8. The molecule has 0 fully saturated rings. The second kappa shape index (κ2) is 6.42. The van der Waals surface area contributed by atoms with Crippen LogP contribution in [0.1, 0.15) is 13.8 Å². The fourth-order valence-corrected chi connectivity index (χ4v) is 3.07. The van der Waals surface area contributed by atoms with Crippen molar-refractivity contribution in [2.75, 3.05) is 5.32 Å². The van der Waals surface area contributed by atoms with Gasteiger partial charge in [-0.3, -0.25) is 4.79 Å². The van der Waals surface area contributed by atoms with Gasteiger partial charge in [0.25, 0.3) is 0 Å². The molecule has 0 atom stereocenters. The van der Waals surface area contributed by atoms with Crippen LogP contribution in [0.15, 0.2) is 58.3 Å². The highest BCUT2D eigenvalue weighted by molar-refractivity contribution is 7.91. The van der Waals surface area contributed by atoms with Gasteiger partial charge in [0, 0.05) is 5.69 Å². The molecule has 0 spiro atoms. The Bertz CT molecular complexity index is 896. The third-order valence-electron chi connectivity index (χ3n) is 3.39. The SMILES string of the molecule is CC(C)(C#N)C(=O)Nc1ccc(S(=O)(=O)c2ccc(F)cc2)cc1. The number of sulfone groups is 1. The summed E-state index contributed by atoms with van der Waals surface area (Å²) in [5.41, 5.74) is -0.819. The van der Waals surface area contributed by atoms with Crippen LogP contribution in [0.4, 0.5) is 10.1 Å². The highest BCUT2D eigenvalue weighted by Gasteiger charge is 2.27. The minimum Gasteiger partial charge on any atom is -0.325 e. The molecule has 7 heteroatoms. The molecular weight excluding hydrogens is 331 g/mol. The van der Waals surface area contributed by atoms with Crippen LogP contribution in [0.3, 0.4) is 0 Å². The van der Waals surface area contributed by atoms with Gasteiger partial charge in [-0.2, -0.15) is 5.26 Å². The van der Waals surface area contributed by atoms with E-state index in [2.05, 4.69) is 5.32 Å². The largest absolute Gasteiger partial charge is 0.325 e. The molecule has 24 heavy (non-hydrogen) atoms. The number of nitrogens with one attached hydrogen (secondary N) is 1. The highest BCUT2D eigenvalue weighted by atomic mass is 32.2. The summed E-state index contributed by atoms with van der Waals surface area (Å²) in [6.45, 7) is 2.96. The summed E-state index contributed by atoms with van der Waals surface area (Å²) in [5.74, 6) is -1.01. The molecule has 0 radical (unpaired) electrons. The monoisotopic (exact) mass is 346 g/mol. The van der Waals surface area contributed by atoms with Crippen LogP contribution in [0.2, 0.25) is 0 Å². The van der Waals surface area contributed by atoms with E-state index >= 15 is 0 Å². The molecule has 0 saturated carbocycles. The van der Waals surface area contributed by atoms with E-state index in [1.807, 2.05) is 6.07 Å². The van der Waals surface area contributed by atoms with E-state index in [-0.39, 0.29) is 9.79 Å². The molecule has 1 amide bonds. The fourth-order valence-electron chi connectivity index (χ4n) is 1.81. The zero-order chi connectivity index (χ0) is 18.0. The van der Waals surface area contributed by atoms with Crippen LogP contribution in [0.25, 0.3) is 0 Å². The fraction of sp³-hybridized carbons (Fsp3) is 0.176.